The third-order valence-corrected chi connectivity index (χ3v) is 3.26. The van der Waals surface area contributed by atoms with Crippen molar-refractivity contribution in [2.24, 2.45) is 5.92 Å². The number of benzene rings is 1. The minimum atomic E-state index is 0.227. The van der Waals surface area contributed by atoms with Gasteiger partial charge < -0.3 is 15.9 Å². The van der Waals surface area contributed by atoms with Gasteiger partial charge in [0.25, 0.3) is 0 Å². The van der Waals surface area contributed by atoms with Crippen LogP contribution in [0.1, 0.15) is 24.5 Å². The summed E-state index contributed by atoms with van der Waals surface area (Å²) in [6.45, 7) is 2.72. The Morgan fingerprint density at radius 3 is 2.83 bits per heavy atom. The third-order valence-electron chi connectivity index (χ3n) is 2.60. The standard InChI is InChI=1S/C14H17BrN2O/c1-3-10(9-18-2)4-5-11-7-14(17)12(8-16)6-13(11)15/h6-8,10,16H,3,9,17H2,1-2H3. The number of methoxy groups -OCH3 is 1. The molecule has 1 aromatic carbocycles. The lowest BCUT2D eigenvalue weighted by Gasteiger charge is -2.06. The van der Waals surface area contributed by atoms with Crippen molar-refractivity contribution in [3.05, 3.63) is 27.7 Å². The Morgan fingerprint density at radius 1 is 1.56 bits per heavy atom. The number of nitrogen functional groups attached to an aromatic ring is 1. The number of halogens is 1. The first kappa shape index (κ1) is 14.7. The van der Waals surface area contributed by atoms with Gasteiger partial charge in [0.15, 0.2) is 0 Å². The van der Waals surface area contributed by atoms with Crippen LogP contribution >= 0.6 is 15.9 Å². The molecular weight excluding hydrogens is 292 g/mol. The van der Waals surface area contributed by atoms with Gasteiger partial charge in [0.2, 0.25) is 0 Å². The molecule has 0 aliphatic carbocycles. The highest BCUT2D eigenvalue weighted by Gasteiger charge is 2.04. The zero-order valence-electron chi connectivity index (χ0n) is 10.6. The number of ether oxygens (including phenoxy) is 1. The Bertz CT molecular complexity index is 489. The summed E-state index contributed by atoms with van der Waals surface area (Å²) in [7, 11) is 1.68. The average Bonchev–Trinajstić information content (AvgIpc) is 2.37. The summed E-state index contributed by atoms with van der Waals surface area (Å²) in [6, 6.07) is 3.60. The van der Waals surface area contributed by atoms with Crippen LogP contribution in [0.5, 0.6) is 0 Å². The Labute approximate surface area is 116 Å². The molecule has 1 unspecified atom stereocenters. The molecule has 0 saturated heterocycles. The molecule has 0 amide bonds. The Kier molecular flexibility index (Phi) is 5.90. The van der Waals surface area contributed by atoms with E-state index in [9.17, 15) is 0 Å². The van der Waals surface area contributed by atoms with Gasteiger partial charge in [0.05, 0.1) is 6.61 Å². The fraction of sp³-hybridized carbons (Fsp3) is 0.357. The molecule has 0 aromatic heterocycles. The van der Waals surface area contributed by atoms with E-state index in [2.05, 4.69) is 34.7 Å². The van der Waals surface area contributed by atoms with Gasteiger partial charge in [-0.3, -0.25) is 0 Å². The molecule has 1 rings (SSSR count). The van der Waals surface area contributed by atoms with Gasteiger partial charge in [0.1, 0.15) is 0 Å². The second kappa shape index (κ2) is 7.20. The summed E-state index contributed by atoms with van der Waals surface area (Å²) in [6.07, 6.45) is 2.18. The second-order valence-corrected chi connectivity index (χ2v) is 4.79. The van der Waals surface area contributed by atoms with Crippen LogP contribution in [0.3, 0.4) is 0 Å². The van der Waals surface area contributed by atoms with Gasteiger partial charge in [-0.05, 0) is 34.5 Å². The topological polar surface area (TPSA) is 59.1 Å². The van der Waals surface area contributed by atoms with Crippen molar-refractivity contribution in [2.45, 2.75) is 13.3 Å². The molecule has 0 aliphatic rings. The number of rotatable bonds is 4. The van der Waals surface area contributed by atoms with Crippen LogP contribution in [0.25, 0.3) is 0 Å². The quantitative estimate of drug-likeness (QED) is 0.510. The molecule has 0 spiro atoms. The SMILES string of the molecule is CCC(C#Cc1cc(N)c(C=N)cc1Br)COC. The fourth-order valence-corrected chi connectivity index (χ4v) is 1.93. The van der Waals surface area contributed by atoms with Gasteiger partial charge in [-0.2, -0.15) is 0 Å². The maximum Gasteiger partial charge on any atom is 0.0600 e. The van der Waals surface area contributed by atoms with Crippen LogP contribution in [0.15, 0.2) is 16.6 Å². The normalized spacial score (nSPS) is 11.5. The van der Waals surface area contributed by atoms with E-state index in [1.165, 1.54) is 6.21 Å². The zero-order valence-corrected chi connectivity index (χ0v) is 12.2. The van der Waals surface area contributed by atoms with Crippen LogP contribution in [-0.4, -0.2) is 19.9 Å². The first-order chi connectivity index (χ1) is 8.62. The molecule has 3 N–H and O–H groups in total. The largest absolute Gasteiger partial charge is 0.398 e. The van der Waals surface area contributed by atoms with E-state index >= 15 is 0 Å². The number of hydrogen-bond donors (Lipinski definition) is 2. The first-order valence-corrected chi connectivity index (χ1v) is 6.51. The van der Waals surface area contributed by atoms with Crippen LogP contribution in [-0.2, 0) is 4.74 Å². The Hall–Kier alpha value is -1.31. The van der Waals surface area contributed by atoms with E-state index in [1.54, 1.807) is 13.2 Å². The number of anilines is 1. The van der Waals surface area contributed by atoms with E-state index in [1.807, 2.05) is 6.07 Å². The van der Waals surface area contributed by atoms with Gasteiger partial charge in [-0.25, -0.2) is 0 Å². The highest BCUT2D eigenvalue weighted by molar-refractivity contribution is 9.10. The maximum atomic E-state index is 7.23. The lowest BCUT2D eigenvalue weighted by molar-refractivity contribution is 0.171. The lowest BCUT2D eigenvalue weighted by atomic mass is 10.1. The smallest absolute Gasteiger partial charge is 0.0600 e. The maximum absolute atomic E-state index is 7.23. The molecule has 0 radical (unpaired) electrons. The molecule has 4 heteroatoms. The van der Waals surface area contributed by atoms with Crippen LogP contribution < -0.4 is 5.73 Å². The summed E-state index contributed by atoms with van der Waals surface area (Å²) in [5.41, 5.74) is 7.93. The van der Waals surface area contributed by atoms with E-state index in [0.717, 1.165) is 16.5 Å². The predicted molar refractivity (Wildman–Crippen MR) is 79.0 cm³/mol. The van der Waals surface area contributed by atoms with Crippen molar-refractivity contribution < 1.29 is 4.74 Å². The number of nitrogens with one attached hydrogen (secondary N) is 1. The minimum absolute atomic E-state index is 0.227. The van der Waals surface area contributed by atoms with Crippen molar-refractivity contribution in [1.82, 2.24) is 0 Å². The minimum Gasteiger partial charge on any atom is -0.398 e. The van der Waals surface area contributed by atoms with Crippen molar-refractivity contribution in [3.63, 3.8) is 0 Å². The third kappa shape index (κ3) is 3.86. The van der Waals surface area contributed by atoms with Gasteiger partial charge in [0, 0.05) is 40.5 Å². The molecule has 0 aliphatic heterocycles. The van der Waals surface area contributed by atoms with Crippen molar-refractivity contribution in [3.8, 4) is 11.8 Å². The Balaban J connectivity index is 3.01. The summed E-state index contributed by atoms with van der Waals surface area (Å²) < 4.78 is 5.96. The van der Waals surface area contributed by atoms with E-state index in [-0.39, 0.29) is 5.92 Å². The fourth-order valence-electron chi connectivity index (χ4n) is 1.47. The molecule has 1 aromatic rings. The van der Waals surface area contributed by atoms with Crippen molar-refractivity contribution in [2.75, 3.05) is 19.5 Å². The monoisotopic (exact) mass is 308 g/mol. The second-order valence-electron chi connectivity index (χ2n) is 3.94. The molecule has 3 nitrogen and oxygen atoms in total. The molecule has 18 heavy (non-hydrogen) atoms. The zero-order chi connectivity index (χ0) is 13.5. The average molecular weight is 309 g/mol. The van der Waals surface area contributed by atoms with Gasteiger partial charge >= 0.3 is 0 Å². The van der Waals surface area contributed by atoms with Gasteiger partial charge in [-0.1, -0.05) is 18.8 Å². The van der Waals surface area contributed by atoms with Crippen LogP contribution in [0.4, 0.5) is 5.69 Å². The first-order valence-electron chi connectivity index (χ1n) is 5.72. The molecule has 0 saturated carbocycles. The molecule has 0 heterocycles. The number of hydrogen-bond acceptors (Lipinski definition) is 3. The summed E-state index contributed by atoms with van der Waals surface area (Å²) >= 11 is 3.44. The van der Waals surface area contributed by atoms with Crippen molar-refractivity contribution >= 4 is 27.8 Å². The summed E-state index contributed by atoms with van der Waals surface area (Å²) in [5.74, 6) is 6.51. The van der Waals surface area contributed by atoms with Gasteiger partial charge in [-0.15, -0.1) is 0 Å². The van der Waals surface area contributed by atoms with Crippen LogP contribution in [0.2, 0.25) is 0 Å². The summed E-state index contributed by atoms with van der Waals surface area (Å²) in [5, 5.41) is 7.23. The van der Waals surface area contributed by atoms with Crippen molar-refractivity contribution in [1.29, 1.82) is 5.41 Å². The Morgan fingerprint density at radius 2 is 2.28 bits per heavy atom. The predicted octanol–water partition coefficient (Wildman–Crippen LogP) is 3.05. The van der Waals surface area contributed by atoms with Crippen LogP contribution in [0, 0.1) is 23.2 Å². The summed E-state index contributed by atoms with van der Waals surface area (Å²) in [4.78, 5) is 0. The lowest BCUT2D eigenvalue weighted by Crippen LogP contribution is -2.04. The van der Waals surface area contributed by atoms with E-state index in [0.29, 0.717) is 17.9 Å². The highest BCUT2D eigenvalue weighted by Crippen LogP contribution is 2.22. The highest BCUT2D eigenvalue weighted by atomic mass is 79.9. The van der Waals surface area contributed by atoms with E-state index < -0.39 is 0 Å². The van der Waals surface area contributed by atoms with E-state index in [4.69, 9.17) is 15.9 Å². The molecule has 0 bridgehead atoms. The molecule has 0 fully saturated rings. The molecule has 96 valence electrons. The molecular formula is C14H17BrN2O. The number of nitrogens with two attached hydrogens (primary N) is 1. The molecule has 1 atom stereocenters.